The third-order valence-corrected chi connectivity index (χ3v) is 7.88. The first-order valence-corrected chi connectivity index (χ1v) is 14.2. The Morgan fingerprint density at radius 2 is 2.00 bits per heavy atom. The monoisotopic (exact) mass is 555 g/mol. The fourth-order valence-corrected chi connectivity index (χ4v) is 5.83. The number of piperidine rings is 2. The number of amides is 1. The summed E-state index contributed by atoms with van der Waals surface area (Å²) >= 11 is 0. The number of rotatable bonds is 6. The Morgan fingerprint density at radius 3 is 2.80 bits per heavy atom. The van der Waals surface area contributed by atoms with Crippen LogP contribution in [0.3, 0.4) is 0 Å². The summed E-state index contributed by atoms with van der Waals surface area (Å²) in [5, 5.41) is 18.3. The summed E-state index contributed by atoms with van der Waals surface area (Å²) in [5.41, 5.74) is 1.42. The van der Waals surface area contributed by atoms with E-state index in [1.54, 1.807) is 29.4 Å². The van der Waals surface area contributed by atoms with Crippen molar-refractivity contribution in [2.24, 2.45) is 0 Å². The Balaban J connectivity index is 1.29. The molecule has 212 valence electrons. The van der Waals surface area contributed by atoms with Crippen molar-refractivity contribution in [1.29, 1.82) is 0 Å². The van der Waals surface area contributed by atoms with Crippen molar-refractivity contribution >= 4 is 40.0 Å². The van der Waals surface area contributed by atoms with Crippen LogP contribution in [0.5, 0.6) is 0 Å². The minimum atomic E-state index is -0.638. The third-order valence-electron chi connectivity index (χ3n) is 7.88. The van der Waals surface area contributed by atoms with Gasteiger partial charge in [0.15, 0.2) is 0 Å². The molecule has 0 bridgehead atoms. The van der Waals surface area contributed by atoms with Crippen LogP contribution in [0.25, 0.3) is 10.8 Å². The second-order valence-corrected chi connectivity index (χ2v) is 10.8. The summed E-state index contributed by atoms with van der Waals surface area (Å²) in [7, 11) is 0. The molecular formula is C31H34FN7O2. The molecule has 2 aliphatic heterocycles. The minimum absolute atomic E-state index is 0.0227. The highest BCUT2D eigenvalue weighted by molar-refractivity contribution is 6.11. The van der Waals surface area contributed by atoms with E-state index in [2.05, 4.69) is 25.6 Å². The van der Waals surface area contributed by atoms with Gasteiger partial charge in [-0.1, -0.05) is 18.2 Å². The maximum Gasteiger partial charge on any atom is 0.262 e. The second-order valence-electron chi connectivity index (χ2n) is 10.8. The molecule has 2 aromatic carbocycles. The van der Waals surface area contributed by atoms with Crippen molar-refractivity contribution in [3.8, 4) is 0 Å². The first-order valence-electron chi connectivity index (χ1n) is 14.2. The number of halogens is 1. The smallest absolute Gasteiger partial charge is 0.262 e. The normalized spacial score (nSPS) is 19.2. The standard InChI is InChI=1S/C31H34FN7O2/c1-20-5-2-6-21-11-14-34-29(28(20)21)39(23-7-3-13-33-18-23)30(41)25-10-9-22(17-26(25)32)36-31-35-15-12-27(37-31)38-16-4-8-24(40)19-38/h2,5-6,9-12,14-15,17,23-24,33,40H,3-4,7-8,13,16,18-19H2,1H3,(H,35,36,37)/t23-,24+/m1/s1. The van der Waals surface area contributed by atoms with Gasteiger partial charge in [-0.2, -0.15) is 4.98 Å². The molecule has 9 nitrogen and oxygen atoms in total. The van der Waals surface area contributed by atoms with E-state index >= 15 is 4.39 Å². The Hall–Kier alpha value is -4.15. The number of aliphatic hydroxyl groups excluding tert-OH is 1. The van der Waals surface area contributed by atoms with Crippen molar-refractivity contribution < 1.29 is 14.3 Å². The quantitative estimate of drug-likeness (QED) is 0.318. The minimum Gasteiger partial charge on any atom is -0.391 e. The molecule has 2 atom stereocenters. The van der Waals surface area contributed by atoms with Crippen LogP contribution in [0, 0.1) is 12.7 Å². The lowest BCUT2D eigenvalue weighted by Gasteiger charge is -2.35. The molecule has 6 rings (SSSR count). The molecule has 10 heteroatoms. The van der Waals surface area contributed by atoms with Crippen molar-refractivity contribution in [2.75, 3.05) is 41.3 Å². The highest BCUT2D eigenvalue weighted by Gasteiger charge is 2.32. The number of pyridine rings is 1. The summed E-state index contributed by atoms with van der Waals surface area (Å²) in [6.07, 6.45) is 6.33. The largest absolute Gasteiger partial charge is 0.391 e. The van der Waals surface area contributed by atoms with E-state index in [9.17, 15) is 9.90 Å². The molecule has 4 aromatic rings. The molecule has 0 aliphatic carbocycles. The zero-order valence-electron chi connectivity index (χ0n) is 23.1. The van der Waals surface area contributed by atoms with Gasteiger partial charge in [-0.25, -0.2) is 14.4 Å². The lowest BCUT2D eigenvalue weighted by atomic mass is 10.0. The summed E-state index contributed by atoms with van der Waals surface area (Å²) < 4.78 is 15.7. The number of carbonyl (C=O) groups excluding carboxylic acids is 1. The van der Waals surface area contributed by atoms with Crippen LogP contribution in [0.4, 0.5) is 27.7 Å². The maximum atomic E-state index is 15.7. The number of aliphatic hydroxyl groups is 1. The van der Waals surface area contributed by atoms with Gasteiger partial charge >= 0.3 is 0 Å². The number of nitrogens with zero attached hydrogens (tertiary/aromatic N) is 5. The Morgan fingerprint density at radius 1 is 1.12 bits per heavy atom. The first kappa shape index (κ1) is 27.0. The molecule has 4 heterocycles. The van der Waals surface area contributed by atoms with Crippen LogP contribution >= 0.6 is 0 Å². The number of hydrogen-bond donors (Lipinski definition) is 3. The van der Waals surface area contributed by atoms with Crippen LogP contribution in [0.2, 0.25) is 0 Å². The SMILES string of the molecule is Cc1cccc2ccnc(N(C(=O)c3ccc(Nc4nccc(N5CCC[C@H](O)C5)n4)cc3F)[C@@H]3CCCNC3)c12. The highest BCUT2D eigenvalue weighted by Crippen LogP contribution is 2.32. The molecule has 0 spiro atoms. The van der Waals surface area contributed by atoms with E-state index < -0.39 is 11.7 Å². The van der Waals surface area contributed by atoms with Gasteiger partial charge in [0.25, 0.3) is 5.91 Å². The summed E-state index contributed by atoms with van der Waals surface area (Å²) in [6, 6.07) is 14.0. The number of anilines is 4. The van der Waals surface area contributed by atoms with Gasteiger partial charge in [0.05, 0.1) is 17.7 Å². The maximum absolute atomic E-state index is 15.7. The van der Waals surface area contributed by atoms with Gasteiger partial charge in [0, 0.05) is 43.1 Å². The zero-order valence-corrected chi connectivity index (χ0v) is 23.1. The predicted molar refractivity (Wildman–Crippen MR) is 158 cm³/mol. The van der Waals surface area contributed by atoms with Gasteiger partial charge in [0.1, 0.15) is 17.5 Å². The van der Waals surface area contributed by atoms with Gasteiger partial charge < -0.3 is 20.6 Å². The van der Waals surface area contributed by atoms with Gasteiger partial charge in [0.2, 0.25) is 5.95 Å². The fourth-order valence-electron chi connectivity index (χ4n) is 5.83. The molecule has 2 fully saturated rings. The molecule has 0 saturated carbocycles. The average Bonchev–Trinajstić information content (AvgIpc) is 2.98. The number of fused-ring (bicyclic) bond motifs is 1. The zero-order chi connectivity index (χ0) is 28.3. The molecule has 2 aliphatic rings. The van der Waals surface area contributed by atoms with E-state index in [0.717, 1.165) is 55.1 Å². The molecule has 0 radical (unpaired) electrons. The number of aromatic nitrogens is 3. The van der Waals surface area contributed by atoms with Gasteiger partial charge in [-0.15, -0.1) is 0 Å². The molecule has 3 N–H and O–H groups in total. The van der Waals surface area contributed by atoms with E-state index in [1.165, 1.54) is 12.1 Å². The Labute approximate surface area is 238 Å². The third kappa shape index (κ3) is 5.71. The number of carbonyl (C=O) groups is 1. The van der Waals surface area contributed by atoms with E-state index in [1.807, 2.05) is 36.1 Å². The Bertz CT molecular complexity index is 1550. The number of β-amino-alcohol motifs (C(OH)–C–C–N with tert-alkyl or cyclic N) is 1. The number of benzene rings is 2. The number of nitrogens with one attached hydrogen (secondary N) is 2. The van der Waals surface area contributed by atoms with Crippen molar-refractivity contribution in [3.05, 3.63) is 77.9 Å². The van der Waals surface area contributed by atoms with E-state index in [4.69, 9.17) is 0 Å². The van der Waals surface area contributed by atoms with E-state index in [-0.39, 0.29) is 17.7 Å². The second kappa shape index (κ2) is 11.8. The molecule has 0 unspecified atom stereocenters. The summed E-state index contributed by atoms with van der Waals surface area (Å²) in [4.78, 5) is 31.3. The first-order chi connectivity index (χ1) is 20.0. The van der Waals surface area contributed by atoms with E-state index in [0.29, 0.717) is 36.4 Å². The van der Waals surface area contributed by atoms with Crippen molar-refractivity contribution in [2.45, 2.75) is 44.8 Å². The number of hydrogen-bond acceptors (Lipinski definition) is 8. The highest BCUT2D eigenvalue weighted by atomic mass is 19.1. The lowest BCUT2D eigenvalue weighted by molar-refractivity contribution is 0.0968. The molecular weight excluding hydrogens is 521 g/mol. The number of aryl methyl sites for hydroxylation is 1. The van der Waals surface area contributed by atoms with Crippen LogP contribution in [-0.4, -0.2) is 64.3 Å². The predicted octanol–water partition coefficient (Wildman–Crippen LogP) is 4.58. The summed E-state index contributed by atoms with van der Waals surface area (Å²) in [5.74, 6) is 0.498. The van der Waals surface area contributed by atoms with Crippen molar-refractivity contribution in [3.63, 3.8) is 0 Å². The van der Waals surface area contributed by atoms with Gasteiger partial charge in [-0.05, 0) is 80.4 Å². The van der Waals surface area contributed by atoms with Crippen LogP contribution in [0.1, 0.15) is 41.6 Å². The summed E-state index contributed by atoms with van der Waals surface area (Å²) in [6.45, 7) is 4.81. The van der Waals surface area contributed by atoms with Crippen LogP contribution in [0.15, 0.2) is 60.9 Å². The van der Waals surface area contributed by atoms with Crippen LogP contribution in [-0.2, 0) is 0 Å². The average molecular weight is 556 g/mol. The van der Waals surface area contributed by atoms with Gasteiger partial charge in [-0.3, -0.25) is 9.69 Å². The molecule has 1 amide bonds. The Kier molecular flexibility index (Phi) is 7.76. The molecule has 2 aromatic heterocycles. The molecule has 2 saturated heterocycles. The van der Waals surface area contributed by atoms with Crippen LogP contribution < -0.4 is 20.4 Å². The molecule has 41 heavy (non-hydrogen) atoms. The lowest BCUT2D eigenvalue weighted by Crippen LogP contribution is -2.49. The topological polar surface area (TPSA) is 107 Å². The fraction of sp³-hybridized carbons (Fsp3) is 0.355. The van der Waals surface area contributed by atoms with Crippen molar-refractivity contribution in [1.82, 2.24) is 20.3 Å².